The van der Waals surface area contributed by atoms with Gasteiger partial charge in [0.2, 0.25) is 0 Å². The van der Waals surface area contributed by atoms with E-state index in [0.29, 0.717) is 30.0 Å². The van der Waals surface area contributed by atoms with Crippen LogP contribution in [0.2, 0.25) is 0 Å². The number of fused-ring (bicyclic) bond motifs is 1. The maximum Gasteiger partial charge on any atom is 0.152 e. The standard InChI is InChI=1S/C15H18F2N2O/c1-2-10(4-6-20)9-19-14-3-5-18-15-12(14)7-11(16)8-13(15)17/h3,5,7-8,10,20H,2,4,6,9H2,1H3,(H,18,19). The lowest BCUT2D eigenvalue weighted by atomic mass is 10.0. The first-order valence-corrected chi connectivity index (χ1v) is 6.74. The SMILES string of the molecule is CCC(CCO)CNc1ccnc2c(F)cc(F)cc12. The molecule has 0 aliphatic heterocycles. The zero-order valence-electron chi connectivity index (χ0n) is 11.4. The van der Waals surface area contributed by atoms with E-state index in [1.54, 1.807) is 6.07 Å². The molecule has 1 atom stereocenters. The van der Waals surface area contributed by atoms with Gasteiger partial charge in [0.1, 0.15) is 11.3 Å². The van der Waals surface area contributed by atoms with Gasteiger partial charge in [-0.25, -0.2) is 8.78 Å². The summed E-state index contributed by atoms with van der Waals surface area (Å²) in [6, 6.07) is 3.81. The Balaban J connectivity index is 2.26. The zero-order chi connectivity index (χ0) is 14.5. The number of aliphatic hydroxyl groups excluding tert-OH is 1. The van der Waals surface area contributed by atoms with Crippen LogP contribution in [0.3, 0.4) is 0 Å². The molecular formula is C15H18F2N2O. The van der Waals surface area contributed by atoms with Crippen LogP contribution >= 0.6 is 0 Å². The second-order valence-electron chi connectivity index (χ2n) is 4.81. The third-order valence-electron chi connectivity index (χ3n) is 3.46. The molecule has 0 saturated carbocycles. The minimum atomic E-state index is -0.661. The third-order valence-corrected chi connectivity index (χ3v) is 3.46. The normalized spacial score (nSPS) is 12.6. The molecule has 0 radical (unpaired) electrons. The van der Waals surface area contributed by atoms with E-state index in [-0.39, 0.29) is 12.1 Å². The van der Waals surface area contributed by atoms with E-state index < -0.39 is 11.6 Å². The Morgan fingerprint density at radius 2 is 2.15 bits per heavy atom. The number of aliphatic hydroxyl groups is 1. The van der Waals surface area contributed by atoms with E-state index in [1.807, 2.05) is 6.92 Å². The highest BCUT2D eigenvalue weighted by Gasteiger charge is 2.10. The first kappa shape index (κ1) is 14.7. The topological polar surface area (TPSA) is 45.1 Å². The van der Waals surface area contributed by atoms with Gasteiger partial charge in [-0.3, -0.25) is 4.98 Å². The second kappa shape index (κ2) is 6.61. The monoisotopic (exact) mass is 280 g/mol. The minimum absolute atomic E-state index is 0.139. The van der Waals surface area contributed by atoms with E-state index in [0.717, 1.165) is 12.5 Å². The summed E-state index contributed by atoms with van der Waals surface area (Å²) in [5.74, 6) is -0.957. The molecule has 108 valence electrons. The van der Waals surface area contributed by atoms with Crippen molar-refractivity contribution in [3.63, 3.8) is 0 Å². The van der Waals surface area contributed by atoms with Gasteiger partial charge in [0.05, 0.1) is 0 Å². The summed E-state index contributed by atoms with van der Waals surface area (Å²) in [5, 5.41) is 12.6. The Hall–Kier alpha value is -1.75. The van der Waals surface area contributed by atoms with Crippen LogP contribution in [0, 0.1) is 17.6 Å². The molecule has 1 heterocycles. The van der Waals surface area contributed by atoms with Gasteiger partial charge < -0.3 is 10.4 Å². The quantitative estimate of drug-likeness (QED) is 0.853. The highest BCUT2D eigenvalue weighted by molar-refractivity contribution is 5.91. The molecule has 0 aliphatic rings. The van der Waals surface area contributed by atoms with Gasteiger partial charge in [0.15, 0.2) is 5.82 Å². The summed E-state index contributed by atoms with van der Waals surface area (Å²) in [6.07, 6.45) is 3.13. The molecule has 0 amide bonds. The Morgan fingerprint density at radius 1 is 1.35 bits per heavy atom. The van der Waals surface area contributed by atoms with Crippen LogP contribution in [0.1, 0.15) is 19.8 Å². The Kier molecular flexibility index (Phi) is 4.84. The summed E-state index contributed by atoms with van der Waals surface area (Å²) in [5.41, 5.74) is 0.816. The van der Waals surface area contributed by atoms with Crippen molar-refractivity contribution in [2.45, 2.75) is 19.8 Å². The predicted octanol–water partition coefficient (Wildman–Crippen LogP) is 3.33. The molecule has 0 saturated heterocycles. The average molecular weight is 280 g/mol. The Bertz CT molecular complexity index is 589. The van der Waals surface area contributed by atoms with Crippen LogP contribution in [0.15, 0.2) is 24.4 Å². The largest absolute Gasteiger partial charge is 0.396 e. The van der Waals surface area contributed by atoms with Crippen molar-refractivity contribution in [1.82, 2.24) is 4.98 Å². The number of anilines is 1. The van der Waals surface area contributed by atoms with Crippen molar-refractivity contribution >= 4 is 16.6 Å². The van der Waals surface area contributed by atoms with Crippen molar-refractivity contribution in [2.24, 2.45) is 5.92 Å². The molecule has 2 N–H and O–H groups in total. The number of halogens is 2. The number of aromatic nitrogens is 1. The van der Waals surface area contributed by atoms with Crippen molar-refractivity contribution in [1.29, 1.82) is 0 Å². The van der Waals surface area contributed by atoms with Crippen molar-refractivity contribution in [3.05, 3.63) is 36.0 Å². The summed E-state index contributed by atoms with van der Waals surface area (Å²) in [6.45, 7) is 2.83. The van der Waals surface area contributed by atoms with Gasteiger partial charge in [-0.2, -0.15) is 0 Å². The van der Waals surface area contributed by atoms with Crippen molar-refractivity contribution in [3.8, 4) is 0 Å². The average Bonchev–Trinajstić information content (AvgIpc) is 2.43. The highest BCUT2D eigenvalue weighted by Crippen LogP contribution is 2.25. The molecule has 3 nitrogen and oxygen atoms in total. The molecule has 20 heavy (non-hydrogen) atoms. The van der Waals surface area contributed by atoms with Gasteiger partial charge in [-0.15, -0.1) is 0 Å². The van der Waals surface area contributed by atoms with E-state index >= 15 is 0 Å². The van der Waals surface area contributed by atoms with Gasteiger partial charge in [-0.05, 0) is 24.5 Å². The van der Waals surface area contributed by atoms with Gasteiger partial charge in [0.25, 0.3) is 0 Å². The number of benzene rings is 1. The lowest BCUT2D eigenvalue weighted by Crippen LogP contribution is -2.15. The molecule has 0 fully saturated rings. The fourth-order valence-electron chi connectivity index (χ4n) is 2.22. The van der Waals surface area contributed by atoms with Crippen LogP contribution in [-0.2, 0) is 0 Å². The smallest absolute Gasteiger partial charge is 0.152 e. The first-order chi connectivity index (χ1) is 9.65. The first-order valence-electron chi connectivity index (χ1n) is 6.74. The van der Waals surface area contributed by atoms with Crippen LogP contribution in [0.4, 0.5) is 14.5 Å². The zero-order valence-corrected chi connectivity index (χ0v) is 11.4. The molecular weight excluding hydrogens is 262 g/mol. The van der Waals surface area contributed by atoms with E-state index in [9.17, 15) is 8.78 Å². The Labute approximate surface area is 116 Å². The molecule has 2 rings (SSSR count). The summed E-state index contributed by atoms with van der Waals surface area (Å²) in [4.78, 5) is 3.94. The number of pyridine rings is 1. The number of nitrogens with zero attached hydrogens (tertiary/aromatic N) is 1. The lowest BCUT2D eigenvalue weighted by Gasteiger charge is -2.16. The summed E-state index contributed by atoms with van der Waals surface area (Å²) in [7, 11) is 0. The number of hydrogen-bond donors (Lipinski definition) is 2. The highest BCUT2D eigenvalue weighted by atomic mass is 19.1. The van der Waals surface area contributed by atoms with Gasteiger partial charge in [0, 0.05) is 36.5 Å². The third kappa shape index (κ3) is 3.22. The fraction of sp³-hybridized carbons (Fsp3) is 0.400. The molecule has 1 aromatic carbocycles. The van der Waals surface area contributed by atoms with Crippen LogP contribution in [0.5, 0.6) is 0 Å². The van der Waals surface area contributed by atoms with E-state index in [1.165, 1.54) is 12.3 Å². The molecule has 1 aromatic heterocycles. The van der Waals surface area contributed by atoms with E-state index in [4.69, 9.17) is 5.11 Å². The van der Waals surface area contributed by atoms with Crippen LogP contribution in [-0.4, -0.2) is 23.2 Å². The minimum Gasteiger partial charge on any atom is -0.396 e. The molecule has 0 spiro atoms. The second-order valence-corrected chi connectivity index (χ2v) is 4.81. The lowest BCUT2D eigenvalue weighted by molar-refractivity contribution is 0.258. The van der Waals surface area contributed by atoms with Crippen molar-refractivity contribution in [2.75, 3.05) is 18.5 Å². The van der Waals surface area contributed by atoms with E-state index in [2.05, 4.69) is 10.3 Å². The predicted molar refractivity (Wildman–Crippen MR) is 75.6 cm³/mol. The molecule has 0 bridgehead atoms. The summed E-state index contributed by atoms with van der Waals surface area (Å²) >= 11 is 0. The summed E-state index contributed by atoms with van der Waals surface area (Å²) < 4.78 is 27.0. The van der Waals surface area contributed by atoms with Gasteiger partial charge in [-0.1, -0.05) is 13.3 Å². The Morgan fingerprint density at radius 3 is 2.85 bits per heavy atom. The van der Waals surface area contributed by atoms with Gasteiger partial charge >= 0.3 is 0 Å². The molecule has 2 aromatic rings. The maximum atomic E-state index is 13.6. The number of rotatable bonds is 6. The molecule has 5 heteroatoms. The maximum absolute atomic E-state index is 13.6. The molecule has 0 aliphatic carbocycles. The number of nitrogens with one attached hydrogen (secondary N) is 1. The van der Waals surface area contributed by atoms with Crippen LogP contribution in [0.25, 0.3) is 10.9 Å². The number of hydrogen-bond acceptors (Lipinski definition) is 3. The molecule has 1 unspecified atom stereocenters. The fourth-order valence-corrected chi connectivity index (χ4v) is 2.22. The van der Waals surface area contributed by atoms with Crippen LogP contribution < -0.4 is 5.32 Å². The van der Waals surface area contributed by atoms with Crippen molar-refractivity contribution < 1.29 is 13.9 Å².